The fourth-order valence-corrected chi connectivity index (χ4v) is 2.33. The zero-order chi connectivity index (χ0) is 14.1. The van der Waals surface area contributed by atoms with Crippen molar-refractivity contribution in [1.29, 1.82) is 0 Å². The molecule has 2 saturated heterocycles. The van der Waals surface area contributed by atoms with Gasteiger partial charge < -0.3 is 10.2 Å². The lowest BCUT2D eigenvalue weighted by molar-refractivity contribution is -0.136. The maximum Gasteiger partial charge on any atom is 0.317 e. The molecule has 3 rings (SSSR count). The van der Waals surface area contributed by atoms with Crippen LogP contribution in [-0.2, 0) is 16.1 Å². The van der Waals surface area contributed by atoms with E-state index >= 15 is 0 Å². The maximum atomic E-state index is 11.7. The molecule has 0 aromatic carbocycles. The van der Waals surface area contributed by atoms with E-state index in [4.69, 9.17) is 0 Å². The molecule has 1 unspecified atom stereocenters. The summed E-state index contributed by atoms with van der Waals surface area (Å²) < 4.78 is 1.45. The van der Waals surface area contributed by atoms with Gasteiger partial charge in [-0.2, -0.15) is 0 Å². The van der Waals surface area contributed by atoms with Crippen molar-refractivity contribution in [3.63, 3.8) is 0 Å². The Morgan fingerprint density at radius 3 is 2.90 bits per heavy atom. The van der Waals surface area contributed by atoms with Crippen molar-refractivity contribution in [2.24, 2.45) is 0 Å². The molecule has 0 spiro atoms. The van der Waals surface area contributed by atoms with Crippen LogP contribution in [0.25, 0.3) is 0 Å². The van der Waals surface area contributed by atoms with Crippen molar-refractivity contribution in [2.45, 2.75) is 25.4 Å². The number of nitrogens with one attached hydrogen (secondary N) is 2. The van der Waals surface area contributed by atoms with Crippen LogP contribution in [0.3, 0.4) is 0 Å². The van der Waals surface area contributed by atoms with Crippen LogP contribution < -0.4 is 10.6 Å². The number of aromatic nitrogens is 3. The van der Waals surface area contributed by atoms with E-state index in [1.807, 2.05) is 0 Å². The fourth-order valence-electron chi connectivity index (χ4n) is 2.33. The van der Waals surface area contributed by atoms with E-state index in [1.54, 1.807) is 11.1 Å². The summed E-state index contributed by atoms with van der Waals surface area (Å²) in [6, 6.07) is -0.637. The predicted octanol–water partition coefficient (Wildman–Crippen LogP) is -1.22. The molecule has 2 aliphatic rings. The molecule has 9 heteroatoms. The van der Waals surface area contributed by atoms with Crippen LogP contribution in [0.2, 0.25) is 0 Å². The van der Waals surface area contributed by atoms with Crippen molar-refractivity contribution in [3.05, 3.63) is 11.9 Å². The molecule has 0 bridgehead atoms. The summed E-state index contributed by atoms with van der Waals surface area (Å²) >= 11 is 0. The lowest BCUT2D eigenvalue weighted by atomic mass is 10.1. The van der Waals surface area contributed by atoms with Crippen molar-refractivity contribution in [1.82, 2.24) is 30.5 Å². The van der Waals surface area contributed by atoms with Crippen LogP contribution in [0.4, 0.5) is 4.79 Å². The third-order valence-corrected chi connectivity index (χ3v) is 3.39. The van der Waals surface area contributed by atoms with Crippen molar-refractivity contribution < 1.29 is 14.4 Å². The summed E-state index contributed by atoms with van der Waals surface area (Å²) in [6.07, 6.45) is 2.35. The number of urea groups is 1. The average Bonchev–Trinajstić information content (AvgIpc) is 3.00. The zero-order valence-corrected chi connectivity index (χ0v) is 10.7. The number of piperidine rings is 1. The molecule has 1 atom stereocenters. The van der Waals surface area contributed by atoms with Gasteiger partial charge in [-0.3, -0.25) is 14.9 Å². The van der Waals surface area contributed by atoms with Gasteiger partial charge in [0.25, 0.3) is 5.91 Å². The molecule has 1 aromatic heterocycles. The minimum Gasteiger partial charge on any atom is -0.336 e. The monoisotopic (exact) mass is 278 g/mol. The van der Waals surface area contributed by atoms with Gasteiger partial charge in [-0.25, -0.2) is 9.48 Å². The summed E-state index contributed by atoms with van der Waals surface area (Å²) in [7, 11) is 0. The highest BCUT2D eigenvalue weighted by molar-refractivity contribution is 5.99. The Labute approximate surface area is 114 Å². The van der Waals surface area contributed by atoms with Gasteiger partial charge >= 0.3 is 6.03 Å². The van der Waals surface area contributed by atoms with E-state index < -0.39 is 6.04 Å². The van der Waals surface area contributed by atoms with Gasteiger partial charge in [-0.05, 0) is 6.42 Å². The molecule has 2 aliphatic heterocycles. The first-order chi connectivity index (χ1) is 9.63. The second-order valence-corrected chi connectivity index (χ2v) is 4.81. The van der Waals surface area contributed by atoms with Gasteiger partial charge in [-0.1, -0.05) is 5.21 Å². The van der Waals surface area contributed by atoms with Crippen LogP contribution in [0.15, 0.2) is 6.20 Å². The lowest BCUT2D eigenvalue weighted by Gasteiger charge is -2.20. The van der Waals surface area contributed by atoms with Crippen molar-refractivity contribution in [3.8, 4) is 0 Å². The van der Waals surface area contributed by atoms with Crippen LogP contribution in [-0.4, -0.2) is 50.8 Å². The SMILES string of the molecule is O=C1CCC(n2cc(CN3CCNC3=O)nn2)C(=O)N1. The van der Waals surface area contributed by atoms with Crippen LogP contribution in [0.1, 0.15) is 24.6 Å². The summed E-state index contributed by atoms with van der Waals surface area (Å²) in [5.41, 5.74) is 0.617. The Hall–Kier alpha value is -2.45. The average molecular weight is 278 g/mol. The molecule has 3 heterocycles. The zero-order valence-electron chi connectivity index (χ0n) is 10.7. The maximum absolute atomic E-state index is 11.7. The fraction of sp³-hybridized carbons (Fsp3) is 0.545. The summed E-state index contributed by atoms with van der Waals surface area (Å²) in [4.78, 5) is 35.9. The number of amides is 4. The van der Waals surface area contributed by atoms with Gasteiger partial charge in [-0.15, -0.1) is 5.10 Å². The highest BCUT2D eigenvalue weighted by atomic mass is 16.2. The van der Waals surface area contributed by atoms with E-state index in [0.29, 0.717) is 38.2 Å². The topological polar surface area (TPSA) is 109 Å². The standard InChI is InChI=1S/C11H14N6O3/c18-9-2-1-8(10(19)13-9)17-6-7(14-15-17)5-16-4-3-12-11(16)20/h6,8H,1-5H2,(H,12,20)(H,13,18,19). The molecule has 20 heavy (non-hydrogen) atoms. The normalized spacial score (nSPS) is 22.9. The van der Waals surface area contributed by atoms with Gasteiger partial charge in [0.2, 0.25) is 5.91 Å². The van der Waals surface area contributed by atoms with Crippen LogP contribution >= 0.6 is 0 Å². The number of hydrogen-bond donors (Lipinski definition) is 2. The number of carbonyl (C=O) groups excluding carboxylic acids is 3. The molecule has 2 N–H and O–H groups in total. The number of imide groups is 1. The van der Waals surface area contributed by atoms with Gasteiger partial charge in [0.15, 0.2) is 0 Å². The van der Waals surface area contributed by atoms with E-state index in [1.165, 1.54) is 4.68 Å². The third kappa shape index (κ3) is 2.33. The highest BCUT2D eigenvalue weighted by Gasteiger charge is 2.29. The molecule has 2 fully saturated rings. The first-order valence-corrected chi connectivity index (χ1v) is 6.40. The second-order valence-electron chi connectivity index (χ2n) is 4.81. The summed E-state index contributed by atoms with van der Waals surface area (Å²) in [5, 5.41) is 12.9. The first kappa shape index (κ1) is 12.6. The largest absolute Gasteiger partial charge is 0.336 e. The van der Waals surface area contributed by atoms with Gasteiger partial charge in [0.05, 0.1) is 12.7 Å². The molecule has 4 amide bonds. The number of hydrogen-bond acceptors (Lipinski definition) is 5. The second kappa shape index (κ2) is 4.91. The van der Waals surface area contributed by atoms with E-state index in [9.17, 15) is 14.4 Å². The molecule has 106 valence electrons. The molecule has 0 saturated carbocycles. The molecular weight excluding hydrogens is 264 g/mol. The van der Waals surface area contributed by atoms with E-state index in [0.717, 1.165) is 0 Å². The van der Waals surface area contributed by atoms with Crippen molar-refractivity contribution >= 4 is 17.8 Å². The van der Waals surface area contributed by atoms with Gasteiger partial charge in [0, 0.05) is 19.5 Å². The minimum atomic E-state index is -0.513. The lowest BCUT2D eigenvalue weighted by Crippen LogP contribution is -2.41. The van der Waals surface area contributed by atoms with Crippen molar-refractivity contribution in [2.75, 3.05) is 13.1 Å². The Kier molecular flexibility index (Phi) is 3.09. The number of rotatable bonds is 3. The van der Waals surface area contributed by atoms with E-state index in [-0.39, 0.29) is 17.8 Å². The molecule has 0 radical (unpaired) electrons. The molecule has 1 aromatic rings. The Balaban J connectivity index is 1.68. The highest BCUT2D eigenvalue weighted by Crippen LogP contribution is 2.17. The third-order valence-electron chi connectivity index (χ3n) is 3.39. The smallest absolute Gasteiger partial charge is 0.317 e. The Morgan fingerprint density at radius 2 is 2.20 bits per heavy atom. The predicted molar refractivity (Wildman–Crippen MR) is 65.3 cm³/mol. The molecule has 9 nitrogen and oxygen atoms in total. The molecular formula is C11H14N6O3. The van der Waals surface area contributed by atoms with Crippen LogP contribution in [0.5, 0.6) is 0 Å². The van der Waals surface area contributed by atoms with Crippen LogP contribution in [0, 0.1) is 0 Å². The quantitative estimate of drug-likeness (QED) is 0.674. The number of carbonyl (C=O) groups is 3. The molecule has 0 aliphatic carbocycles. The minimum absolute atomic E-state index is 0.124. The van der Waals surface area contributed by atoms with E-state index in [2.05, 4.69) is 20.9 Å². The van der Waals surface area contributed by atoms with Gasteiger partial charge in [0.1, 0.15) is 11.7 Å². The Bertz CT molecular complexity index is 568. The summed E-state index contributed by atoms with van der Waals surface area (Å²) in [6.45, 7) is 1.61. The Morgan fingerprint density at radius 1 is 1.35 bits per heavy atom. The number of nitrogens with zero attached hydrogens (tertiary/aromatic N) is 4. The summed E-state index contributed by atoms with van der Waals surface area (Å²) in [5.74, 6) is -0.628. The first-order valence-electron chi connectivity index (χ1n) is 6.40.